The van der Waals surface area contributed by atoms with Crippen LogP contribution < -0.4 is 9.47 Å². The number of ether oxygens (including phenoxy) is 2. The number of rotatable bonds is 6. The van der Waals surface area contributed by atoms with Gasteiger partial charge in [0.25, 0.3) is 0 Å². The van der Waals surface area contributed by atoms with Gasteiger partial charge in [0.05, 0.1) is 18.8 Å². The lowest BCUT2D eigenvalue weighted by Crippen LogP contribution is -2.03. The van der Waals surface area contributed by atoms with Crippen LogP contribution in [0, 0.1) is 11.3 Å². The molecule has 0 aliphatic carbocycles. The summed E-state index contributed by atoms with van der Waals surface area (Å²) in [6.45, 7) is 0. The summed E-state index contributed by atoms with van der Waals surface area (Å²) in [6, 6.07) is 26.0. The van der Waals surface area contributed by atoms with Crippen LogP contribution in [0.4, 0.5) is 0 Å². The summed E-state index contributed by atoms with van der Waals surface area (Å²) in [5, 5.41) is 9.39. The Morgan fingerprint density at radius 1 is 0.862 bits per heavy atom. The summed E-state index contributed by atoms with van der Waals surface area (Å²) in [4.78, 5) is 12.0. The van der Waals surface area contributed by atoms with Crippen LogP contribution in [0.2, 0.25) is 0 Å². The molecule has 142 valence electrons. The number of nitriles is 1. The molecule has 0 atom stereocenters. The fourth-order valence-electron chi connectivity index (χ4n) is 2.63. The molecule has 3 aromatic rings. The number of hydrogen-bond donors (Lipinski definition) is 0. The Morgan fingerprint density at radius 3 is 2.10 bits per heavy atom. The monoisotopic (exact) mass is 381 g/mol. The normalized spacial score (nSPS) is 11.1. The first kappa shape index (κ1) is 19.7. The standard InChI is InChI=1S/C25H19NO3/c1-28-23-12-7-19(8-13-23)11-16-25(27)29-24-14-9-20(10-15-24)17-22(18-26)21-5-3-2-4-6-21/h2-17H,1H3/b16-11+,22-17+. The van der Waals surface area contributed by atoms with Crippen molar-refractivity contribution in [1.82, 2.24) is 0 Å². The van der Waals surface area contributed by atoms with E-state index in [0.29, 0.717) is 11.3 Å². The summed E-state index contributed by atoms with van der Waals surface area (Å²) < 4.78 is 10.4. The highest BCUT2D eigenvalue weighted by Gasteiger charge is 2.03. The molecule has 0 saturated carbocycles. The number of esters is 1. The Bertz CT molecular complexity index is 1060. The fourth-order valence-corrected chi connectivity index (χ4v) is 2.63. The molecule has 4 heteroatoms. The molecule has 29 heavy (non-hydrogen) atoms. The van der Waals surface area contributed by atoms with Crippen LogP contribution in [0.5, 0.6) is 11.5 Å². The Kier molecular flexibility index (Phi) is 6.59. The van der Waals surface area contributed by atoms with E-state index in [2.05, 4.69) is 6.07 Å². The van der Waals surface area contributed by atoms with Gasteiger partial charge in [0.1, 0.15) is 11.5 Å². The second-order valence-corrected chi connectivity index (χ2v) is 6.13. The quantitative estimate of drug-likeness (QED) is 0.189. The summed E-state index contributed by atoms with van der Waals surface area (Å²) in [5.74, 6) is 0.724. The number of carbonyl (C=O) groups is 1. The molecule has 0 aliphatic rings. The summed E-state index contributed by atoms with van der Waals surface area (Å²) >= 11 is 0. The molecule has 0 radical (unpaired) electrons. The smallest absolute Gasteiger partial charge is 0.336 e. The van der Waals surface area contributed by atoms with Gasteiger partial charge in [-0.3, -0.25) is 0 Å². The zero-order valence-corrected chi connectivity index (χ0v) is 15.9. The first-order chi connectivity index (χ1) is 14.2. The highest BCUT2D eigenvalue weighted by Crippen LogP contribution is 2.20. The zero-order valence-electron chi connectivity index (χ0n) is 15.9. The van der Waals surface area contributed by atoms with E-state index in [4.69, 9.17) is 9.47 Å². The van der Waals surface area contributed by atoms with Crippen molar-refractivity contribution in [1.29, 1.82) is 5.26 Å². The van der Waals surface area contributed by atoms with E-state index < -0.39 is 5.97 Å². The third kappa shape index (κ3) is 5.69. The maximum atomic E-state index is 12.0. The van der Waals surface area contributed by atoms with E-state index in [0.717, 1.165) is 22.4 Å². The van der Waals surface area contributed by atoms with E-state index >= 15 is 0 Å². The van der Waals surface area contributed by atoms with Crippen LogP contribution >= 0.6 is 0 Å². The Balaban J connectivity index is 1.64. The van der Waals surface area contributed by atoms with Crippen molar-refractivity contribution in [2.24, 2.45) is 0 Å². The van der Waals surface area contributed by atoms with Crippen LogP contribution in [-0.4, -0.2) is 13.1 Å². The molecule has 0 unspecified atom stereocenters. The number of benzene rings is 3. The van der Waals surface area contributed by atoms with E-state index in [1.54, 1.807) is 43.5 Å². The van der Waals surface area contributed by atoms with Gasteiger partial charge >= 0.3 is 5.97 Å². The number of hydrogen-bond acceptors (Lipinski definition) is 4. The maximum Gasteiger partial charge on any atom is 0.336 e. The molecule has 0 aliphatic heterocycles. The molecule has 0 spiro atoms. The van der Waals surface area contributed by atoms with Gasteiger partial charge in [0.15, 0.2) is 0 Å². The van der Waals surface area contributed by atoms with Gasteiger partial charge in [-0.1, -0.05) is 54.6 Å². The molecular weight excluding hydrogens is 362 g/mol. The van der Waals surface area contributed by atoms with Crippen LogP contribution in [0.3, 0.4) is 0 Å². The van der Waals surface area contributed by atoms with Crippen molar-refractivity contribution < 1.29 is 14.3 Å². The first-order valence-corrected chi connectivity index (χ1v) is 8.99. The molecular formula is C25H19NO3. The SMILES string of the molecule is COc1ccc(/C=C/C(=O)Oc2ccc(/C=C(\C#N)c3ccccc3)cc2)cc1. The minimum absolute atomic E-state index is 0.435. The van der Waals surface area contributed by atoms with E-state index in [1.165, 1.54) is 6.08 Å². The van der Waals surface area contributed by atoms with Crippen LogP contribution in [0.15, 0.2) is 84.9 Å². The number of methoxy groups -OCH3 is 1. The second kappa shape index (κ2) is 9.72. The largest absolute Gasteiger partial charge is 0.497 e. The highest BCUT2D eigenvalue weighted by atomic mass is 16.5. The average molecular weight is 381 g/mol. The van der Waals surface area contributed by atoms with Crippen LogP contribution in [-0.2, 0) is 4.79 Å². The molecule has 4 nitrogen and oxygen atoms in total. The minimum atomic E-state index is -0.467. The van der Waals surface area contributed by atoms with Crippen molar-refractivity contribution in [3.05, 3.63) is 102 Å². The summed E-state index contributed by atoms with van der Waals surface area (Å²) in [7, 11) is 1.60. The zero-order chi connectivity index (χ0) is 20.5. The molecule has 0 saturated heterocycles. The van der Waals surface area contributed by atoms with Crippen LogP contribution in [0.25, 0.3) is 17.7 Å². The van der Waals surface area contributed by atoms with Crippen molar-refractivity contribution in [3.8, 4) is 17.6 Å². The van der Waals surface area contributed by atoms with Gasteiger partial charge in [0.2, 0.25) is 0 Å². The van der Waals surface area contributed by atoms with Gasteiger partial charge in [-0.05, 0) is 53.1 Å². The van der Waals surface area contributed by atoms with E-state index in [1.807, 2.05) is 54.6 Å². The molecule has 0 aromatic heterocycles. The highest BCUT2D eigenvalue weighted by molar-refractivity contribution is 5.90. The van der Waals surface area contributed by atoms with Gasteiger partial charge < -0.3 is 9.47 Å². The van der Waals surface area contributed by atoms with Gasteiger partial charge in [-0.15, -0.1) is 0 Å². The number of allylic oxidation sites excluding steroid dienone is 1. The summed E-state index contributed by atoms with van der Waals surface area (Å²) in [6.07, 6.45) is 4.85. The minimum Gasteiger partial charge on any atom is -0.497 e. The van der Waals surface area contributed by atoms with E-state index in [9.17, 15) is 10.1 Å². The fraction of sp³-hybridized carbons (Fsp3) is 0.0400. The van der Waals surface area contributed by atoms with Crippen LogP contribution in [0.1, 0.15) is 16.7 Å². The molecule has 0 bridgehead atoms. The lowest BCUT2D eigenvalue weighted by atomic mass is 10.0. The lowest BCUT2D eigenvalue weighted by molar-refractivity contribution is -0.128. The number of carbonyl (C=O) groups excluding carboxylic acids is 1. The van der Waals surface area contributed by atoms with Gasteiger partial charge in [0, 0.05) is 6.08 Å². The van der Waals surface area contributed by atoms with Crippen molar-refractivity contribution in [3.63, 3.8) is 0 Å². The van der Waals surface area contributed by atoms with E-state index in [-0.39, 0.29) is 0 Å². The molecule has 3 aromatic carbocycles. The third-order valence-corrected chi connectivity index (χ3v) is 4.14. The lowest BCUT2D eigenvalue weighted by Gasteiger charge is -2.03. The predicted octanol–water partition coefficient (Wildman–Crippen LogP) is 5.38. The first-order valence-electron chi connectivity index (χ1n) is 8.99. The third-order valence-electron chi connectivity index (χ3n) is 4.14. The molecule has 0 N–H and O–H groups in total. The molecule has 0 amide bonds. The second-order valence-electron chi connectivity index (χ2n) is 6.13. The Labute approximate surface area is 170 Å². The topological polar surface area (TPSA) is 59.3 Å². The van der Waals surface area contributed by atoms with Crippen molar-refractivity contribution in [2.75, 3.05) is 7.11 Å². The van der Waals surface area contributed by atoms with Crippen molar-refractivity contribution >= 4 is 23.7 Å². The Morgan fingerprint density at radius 2 is 1.48 bits per heavy atom. The molecule has 0 heterocycles. The molecule has 3 rings (SSSR count). The number of nitrogens with zero attached hydrogens (tertiary/aromatic N) is 1. The Hall–Kier alpha value is -4.10. The maximum absolute atomic E-state index is 12.0. The van der Waals surface area contributed by atoms with Gasteiger partial charge in [-0.2, -0.15) is 5.26 Å². The predicted molar refractivity (Wildman–Crippen MR) is 114 cm³/mol. The molecule has 0 fully saturated rings. The van der Waals surface area contributed by atoms with Crippen molar-refractivity contribution in [2.45, 2.75) is 0 Å². The van der Waals surface area contributed by atoms with Gasteiger partial charge in [-0.25, -0.2) is 4.79 Å². The average Bonchev–Trinajstić information content (AvgIpc) is 2.78. The summed E-state index contributed by atoms with van der Waals surface area (Å²) in [5.41, 5.74) is 3.14.